The number of carbonyl (C=O) groups excluding carboxylic acids is 1. The van der Waals surface area contributed by atoms with Crippen molar-refractivity contribution >= 4 is 23.4 Å². The van der Waals surface area contributed by atoms with Gasteiger partial charge in [-0.1, -0.05) is 29.8 Å². The molecule has 160 valence electrons. The molecule has 0 N–H and O–H groups in total. The Morgan fingerprint density at radius 2 is 1.83 bits per heavy atom. The maximum atomic E-state index is 14.7. The molecule has 0 aromatic heterocycles. The average Bonchev–Trinajstić information content (AvgIpc) is 2.87. The van der Waals surface area contributed by atoms with Crippen molar-refractivity contribution in [1.29, 1.82) is 0 Å². The van der Waals surface area contributed by atoms with Crippen molar-refractivity contribution in [1.82, 2.24) is 0 Å². The van der Waals surface area contributed by atoms with E-state index >= 15 is 0 Å². The Kier molecular flexibility index (Phi) is 5.78. The number of piperidine rings is 1. The van der Waals surface area contributed by atoms with Gasteiger partial charge in [0.15, 0.2) is 0 Å². The van der Waals surface area contributed by atoms with Gasteiger partial charge in [0, 0.05) is 49.2 Å². The minimum Gasteiger partial charge on any atom is -0.449 e. The van der Waals surface area contributed by atoms with E-state index in [0.29, 0.717) is 46.4 Å². The monoisotopic (exact) mass is 431 g/mol. The smallest absolute Gasteiger partial charge is 0.414 e. The van der Waals surface area contributed by atoms with Crippen LogP contribution in [-0.2, 0) is 4.74 Å². The number of hydrogen-bond donors (Lipinski definition) is 0. The molecule has 30 heavy (non-hydrogen) atoms. The highest BCUT2D eigenvalue weighted by atomic mass is 35.5. The van der Waals surface area contributed by atoms with Crippen LogP contribution in [0.3, 0.4) is 0 Å². The molecule has 2 heterocycles. The fourth-order valence-corrected chi connectivity index (χ4v) is 5.43. The molecule has 2 unspecified atom stereocenters. The van der Waals surface area contributed by atoms with E-state index in [0.717, 1.165) is 17.3 Å². The van der Waals surface area contributed by atoms with Crippen molar-refractivity contribution in [2.75, 3.05) is 32.6 Å². The van der Waals surface area contributed by atoms with E-state index in [-0.39, 0.29) is 0 Å². The summed E-state index contributed by atoms with van der Waals surface area (Å²) >= 11 is 6.10. The normalized spacial score (nSPS) is 24.5. The number of amides is 1. The Labute approximate surface area is 182 Å². The Balaban J connectivity index is 1.47. The van der Waals surface area contributed by atoms with Crippen LogP contribution in [0.15, 0.2) is 42.5 Å². The number of nitrogens with zero attached hydrogens (tertiary/aromatic N) is 2. The van der Waals surface area contributed by atoms with Crippen LogP contribution >= 0.6 is 11.6 Å². The first kappa shape index (κ1) is 21.1. The summed E-state index contributed by atoms with van der Waals surface area (Å²) in [5.74, 6) is -0.0100. The molecule has 0 saturated carbocycles. The van der Waals surface area contributed by atoms with E-state index in [2.05, 4.69) is 14.1 Å². The van der Waals surface area contributed by atoms with Crippen molar-refractivity contribution < 1.29 is 18.4 Å². The zero-order valence-electron chi connectivity index (χ0n) is 17.8. The van der Waals surface area contributed by atoms with Gasteiger partial charge < -0.3 is 9.22 Å². The molecule has 2 aromatic carbocycles. The van der Waals surface area contributed by atoms with Gasteiger partial charge in [-0.05, 0) is 29.8 Å². The van der Waals surface area contributed by atoms with Crippen LogP contribution in [0.25, 0.3) is 11.1 Å². The number of anilines is 1. The molecule has 0 spiro atoms. The number of fused-ring (bicyclic) bond motifs is 2. The molecular formula is C24H29ClFN2O2+. The predicted octanol–water partition coefficient (Wildman–Crippen LogP) is 5.74. The molecule has 1 amide bonds. The number of rotatable bonds is 4. The molecule has 2 aliphatic rings. The zero-order valence-corrected chi connectivity index (χ0v) is 18.5. The van der Waals surface area contributed by atoms with Crippen molar-refractivity contribution in [3.05, 3.63) is 53.3 Å². The first-order valence-corrected chi connectivity index (χ1v) is 10.9. The van der Waals surface area contributed by atoms with Crippen LogP contribution in [0.5, 0.6) is 0 Å². The lowest BCUT2D eigenvalue weighted by atomic mass is 9.90. The molecule has 4 nitrogen and oxygen atoms in total. The van der Waals surface area contributed by atoms with Gasteiger partial charge in [-0.25, -0.2) is 9.18 Å². The highest BCUT2D eigenvalue weighted by Gasteiger charge is 2.48. The summed E-state index contributed by atoms with van der Waals surface area (Å²) < 4.78 is 21.5. The van der Waals surface area contributed by atoms with Gasteiger partial charge in [-0.15, -0.1) is 0 Å². The van der Waals surface area contributed by atoms with Crippen LogP contribution < -0.4 is 4.90 Å². The summed E-state index contributed by atoms with van der Waals surface area (Å²) in [6, 6.07) is 13.0. The van der Waals surface area contributed by atoms with E-state index in [1.807, 2.05) is 0 Å². The molecule has 4 rings (SSSR count). The molecule has 0 radical (unpaired) electrons. The predicted molar refractivity (Wildman–Crippen MR) is 118 cm³/mol. The summed E-state index contributed by atoms with van der Waals surface area (Å²) in [5, 5.41) is 0.514. The molecule has 2 saturated heterocycles. The summed E-state index contributed by atoms with van der Waals surface area (Å²) in [5.41, 5.74) is 1.43. The second kappa shape index (κ2) is 8.20. The summed E-state index contributed by atoms with van der Waals surface area (Å²) in [4.78, 5) is 14.2. The molecule has 6 heteroatoms. The van der Waals surface area contributed by atoms with E-state index in [1.165, 1.54) is 23.8 Å². The zero-order chi connectivity index (χ0) is 21.5. The quantitative estimate of drug-likeness (QED) is 0.578. The third kappa shape index (κ3) is 3.93. The molecule has 2 aromatic rings. The SMILES string of the molecule is CN(C(=O)OCC1CC2CCC(C1)[N+]2(C)C)c1cccc(F)c1-c1cccc(Cl)c1. The standard InChI is InChI=1S/C24H29ClFN2O2/c1-27(22-9-5-8-21(26)23(22)17-6-4-7-18(25)14-17)24(29)30-15-16-12-19-10-11-20(13-16)28(19,2)3/h4-9,14,16,19-20H,10-13,15H2,1-3H3/q+1. The highest BCUT2D eigenvalue weighted by Crippen LogP contribution is 2.42. The number of ether oxygens (including phenoxy) is 1. The lowest BCUT2D eigenvalue weighted by molar-refractivity contribution is -0.931. The average molecular weight is 432 g/mol. The molecular weight excluding hydrogens is 403 g/mol. The number of benzene rings is 2. The fraction of sp³-hybridized carbons (Fsp3) is 0.458. The Hall–Kier alpha value is -2.11. The Morgan fingerprint density at radius 1 is 1.17 bits per heavy atom. The lowest BCUT2D eigenvalue weighted by Gasteiger charge is -2.44. The Bertz CT molecular complexity index is 933. The van der Waals surface area contributed by atoms with Crippen LogP contribution in [0.1, 0.15) is 25.7 Å². The van der Waals surface area contributed by atoms with Crippen LogP contribution in [0, 0.1) is 11.7 Å². The minimum absolute atomic E-state index is 0.342. The summed E-state index contributed by atoms with van der Waals surface area (Å²) in [7, 11) is 6.26. The van der Waals surface area contributed by atoms with Crippen molar-refractivity contribution in [2.45, 2.75) is 37.8 Å². The van der Waals surface area contributed by atoms with Gasteiger partial charge in [0.2, 0.25) is 0 Å². The van der Waals surface area contributed by atoms with E-state index in [4.69, 9.17) is 16.3 Å². The largest absolute Gasteiger partial charge is 0.449 e. The number of quaternary nitrogens is 1. The first-order chi connectivity index (χ1) is 14.3. The molecule has 0 aliphatic carbocycles. The number of carbonyl (C=O) groups is 1. The van der Waals surface area contributed by atoms with Crippen LogP contribution in [0.4, 0.5) is 14.9 Å². The third-order valence-corrected chi connectivity index (χ3v) is 7.34. The summed E-state index contributed by atoms with van der Waals surface area (Å²) in [6.07, 6.45) is 4.24. The van der Waals surface area contributed by atoms with Gasteiger partial charge in [0.1, 0.15) is 5.82 Å². The van der Waals surface area contributed by atoms with Crippen molar-refractivity contribution in [3.63, 3.8) is 0 Å². The molecule has 2 fully saturated rings. The first-order valence-electron chi connectivity index (χ1n) is 10.6. The van der Waals surface area contributed by atoms with Gasteiger partial charge in [-0.2, -0.15) is 0 Å². The molecule has 2 aliphatic heterocycles. The molecule has 2 atom stereocenters. The number of hydrogen-bond acceptors (Lipinski definition) is 2. The van der Waals surface area contributed by atoms with Gasteiger partial charge in [0.05, 0.1) is 38.5 Å². The van der Waals surface area contributed by atoms with Gasteiger partial charge >= 0.3 is 6.09 Å². The number of halogens is 2. The third-order valence-electron chi connectivity index (χ3n) is 7.11. The molecule has 2 bridgehead atoms. The van der Waals surface area contributed by atoms with E-state index < -0.39 is 11.9 Å². The maximum Gasteiger partial charge on any atom is 0.414 e. The van der Waals surface area contributed by atoms with Crippen molar-refractivity contribution in [3.8, 4) is 11.1 Å². The second-order valence-electron chi connectivity index (χ2n) is 9.13. The maximum absolute atomic E-state index is 14.7. The van der Waals surface area contributed by atoms with E-state index in [1.54, 1.807) is 43.4 Å². The second-order valence-corrected chi connectivity index (χ2v) is 9.57. The van der Waals surface area contributed by atoms with Crippen LogP contribution in [0.2, 0.25) is 5.02 Å². The van der Waals surface area contributed by atoms with Gasteiger partial charge in [-0.3, -0.25) is 4.90 Å². The highest BCUT2D eigenvalue weighted by molar-refractivity contribution is 6.30. The lowest BCUT2D eigenvalue weighted by Crippen LogP contribution is -2.55. The minimum atomic E-state index is -0.462. The van der Waals surface area contributed by atoms with Gasteiger partial charge in [0.25, 0.3) is 0 Å². The summed E-state index contributed by atoms with van der Waals surface area (Å²) in [6.45, 7) is 0.415. The topological polar surface area (TPSA) is 29.5 Å². The fourth-order valence-electron chi connectivity index (χ4n) is 5.24. The van der Waals surface area contributed by atoms with E-state index in [9.17, 15) is 9.18 Å². The van der Waals surface area contributed by atoms with Crippen LogP contribution in [-0.4, -0.2) is 50.4 Å². The Morgan fingerprint density at radius 3 is 2.50 bits per heavy atom. The van der Waals surface area contributed by atoms with Crippen molar-refractivity contribution in [2.24, 2.45) is 5.92 Å².